The molecule has 1 spiro atoms. The summed E-state index contributed by atoms with van der Waals surface area (Å²) >= 11 is 0. The summed E-state index contributed by atoms with van der Waals surface area (Å²) < 4.78 is 0. The molecule has 10 aromatic carbocycles. The van der Waals surface area contributed by atoms with Crippen molar-refractivity contribution in [2.75, 3.05) is 0 Å². The van der Waals surface area contributed by atoms with Crippen LogP contribution in [-0.2, 0) is 23.7 Å². The summed E-state index contributed by atoms with van der Waals surface area (Å²) in [5, 5.41) is 0. The molecule has 0 bridgehead atoms. The van der Waals surface area contributed by atoms with Gasteiger partial charge in [-0.05, 0) is 149 Å². The van der Waals surface area contributed by atoms with Crippen molar-refractivity contribution in [1.29, 1.82) is 0 Å². The number of benzene rings is 10. The molecule has 0 N–H and O–H groups in total. The van der Waals surface area contributed by atoms with Crippen molar-refractivity contribution >= 4 is 0 Å². The molecule has 346 valence electrons. The van der Waals surface area contributed by atoms with E-state index in [0.29, 0.717) is 11.8 Å². The van der Waals surface area contributed by atoms with Gasteiger partial charge in [-0.25, -0.2) is 0 Å². The summed E-state index contributed by atoms with van der Waals surface area (Å²) in [5.41, 5.74) is 27.6. The SMILES string of the molecule is CC1(C)c2ccccc2-c2ccc(C(c3ccc(-c4c(-c5ccccc5)cccc4-c4ccccc4)cc3)c3cccc4c3C35c6c(cccc6C(c6ccccc6)c6ccccc6)CC3CCC5C4)cc21. The molecule has 0 aliphatic heterocycles. The largest absolute Gasteiger partial charge is 0.0622 e. The van der Waals surface area contributed by atoms with Gasteiger partial charge in [-0.2, -0.15) is 0 Å². The van der Waals surface area contributed by atoms with Gasteiger partial charge in [0, 0.05) is 22.7 Å². The van der Waals surface area contributed by atoms with Gasteiger partial charge < -0.3 is 0 Å². The lowest BCUT2D eigenvalue weighted by Gasteiger charge is -2.39. The summed E-state index contributed by atoms with van der Waals surface area (Å²) in [4.78, 5) is 0. The summed E-state index contributed by atoms with van der Waals surface area (Å²) in [6.07, 6.45) is 4.80. The molecule has 0 amide bonds. The Morgan fingerprint density at radius 2 is 0.778 bits per heavy atom. The Morgan fingerprint density at radius 3 is 1.33 bits per heavy atom. The van der Waals surface area contributed by atoms with Crippen LogP contribution in [0.15, 0.2) is 243 Å². The highest BCUT2D eigenvalue weighted by atomic mass is 14.6. The molecule has 72 heavy (non-hydrogen) atoms. The molecule has 1 fully saturated rings. The molecular formula is C72H58. The molecule has 0 radical (unpaired) electrons. The van der Waals surface area contributed by atoms with Crippen molar-refractivity contribution in [3.63, 3.8) is 0 Å². The van der Waals surface area contributed by atoms with Crippen LogP contribution in [0.3, 0.4) is 0 Å². The molecule has 10 aromatic rings. The van der Waals surface area contributed by atoms with E-state index in [0.717, 1.165) is 12.8 Å². The van der Waals surface area contributed by atoms with E-state index < -0.39 is 0 Å². The van der Waals surface area contributed by atoms with Crippen molar-refractivity contribution in [1.82, 2.24) is 0 Å². The van der Waals surface area contributed by atoms with Crippen LogP contribution in [0.1, 0.15) is 105 Å². The van der Waals surface area contributed by atoms with E-state index in [2.05, 4.69) is 257 Å². The van der Waals surface area contributed by atoms with Crippen LogP contribution in [-0.4, -0.2) is 0 Å². The Labute approximate surface area is 425 Å². The van der Waals surface area contributed by atoms with Crippen LogP contribution in [0.25, 0.3) is 44.5 Å². The van der Waals surface area contributed by atoms with Crippen LogP contribution in [0.2, 0.25) is 0 Å². The average Bonchev–Trinajstić information content (AvgIpc) is 4.14. The van der Waals surface area contributed by atoms with E-state index in [4.69, 9.17) is 0 Å². The maximum atomic E-state index is 2.61. The first kappa shape index (κ1) is 43.0. The lowest BCUT2D eigenvalue weighted by atomic mass is 9.64. The second-order valence-electron chi connectivity index (χ2n) is 21.8. The van der Waals surface area contributed by atoms with Gasteiger partial charge in [0.05, 0.1) is 0 Å². The van der Waals surface area contributed by atoms with E-state index >= 15 is 0 Å². The highest BCUT2D eigenvalue weighted by Crippen LogP contribution is 2.67. The Morgan fingerprint density at radius 1 is 0.347 bits per heavy atom. The molecule has 4 aliphatic rings. The molecule has 4 atom stereocenters. The quantitative estimate of drug-likeness (QED) is 0.127. The topological polar surface area (TPSA) is 0 Å². The Kier molecular flexibility index (Phi) is 10.1. The first-order valence-electron chi connectivity index (χ1n) is 26.4. The zero-order valence-electron chi connectivity index (χ0n) is 41.2. The van der Waals surface area contributed by atoms with Gasteiger partial charge in [-0.3, -0.25) is 0 Å². The van der Waals surface area contributed by atoms with Crippen molar-refractivity contribution in [2.24, 2.45) is 11.8 Å². The first-order chi connectivity index (χ1) is 35.5. The summed E-state index contributed by atoms with van der Waals surface area (Å²) in [7, 11) is 0. The summed E-state index contributed by atoms with van der Waals surface area (Å²) in [6, 6.07) is 92.6. The third-order valence-electron chi connectivity index (χ3n) is 17.9. The molecule has 0 saturated heterocycles. The fraction of sp³-hybridized carbons (Fsp3) is 0.167. The van der Waals surface area contributed by atoms with E-state index in [1.165, 1.54) is 102 Å². The number of rotatable bonds is 9. The maximum absolute atomic E-state index is 2.61. The fourth-order valence-electron chi connectivity index (χ4n) is 15.0. The van der Waals surface area contributed by atoms with Gasteiger partial charge >= 0.3 is 0 Å². The monoisotopic (exact) mass is 922 g/mol. The molecule has 0 heteroatoms. The normalized spacial score (nSPS) is 19.0. The average molecular weight is 923 g/mol. The molecule has 0 aromatic heterocycles. The van der Waals surface area contributed by atoms with Gasteiger partial charge in [-0.1, -0.05) is 257 Å². The Balaban J connectivity index is 0.994. The Bertz CT molecular complexity index is 3550. The van der Waals surface area contributed by atoms with Crippen LogP contribution < -0.4 is 0 Å². The predicted molar refractivity (Wildman–Crippen MR) is 299 cm³/mol. The van der Waals surface area contributed by atoms with Gasteiger partial charge in [0.1, 0.15) is 0 Å². The predicted octanol–water partition coefficient (Wildman–Crippen LogP) is 17.8. The molecular weight excluding hydrogens is 865 g/mol. The number of hydrogen-bond acceptors (Lipinski definition) is 0. The van der Waals surface area contributed by atoms with Crippen molar-refractivity contribution in [3.05, 3.63) is 309 Å². The number of fused-ring (bicyclic) bond motifs is 5. The van der Waals surface area contributed by atoms with Crippen LogP contribution in [0, 0.1) is 11.8 Å². The maximum Gasteiger partial charge on any atom is 0.0343 e. The second kappa shape index (κ2) is 16.9. The van der Waals surface area contributed by atoms with Crippen LogP contribution in [0.4, 0.5) is 0 Å². The smallest absolute Gasteiger partial charge is 0.0343 e. The lowest BCUT2D eigenvalue weighted by molar-refractivity contribution is 0.345. The molecule has 0 nitrogen and oxygen atoms in total. The van der Waals surface area contributed by atoms with Gasteiger partial charge in [0.15, 0.2) is 0 Å². The summed E-state index contributed by atoms with van der Waals surface area (Å²) in [5.74, 6) is 1.25. The molecule has 4 aliphatic carbocycles. The molecule has 4 unspecified atom stereocenters. The molecule has 0 heterocycles. The first-order valence-corrected chi connectivity index (χ1v) is 26.4. The molecule has 1 saturated carbocycles. The minimum Gasteiger partial charge on any atom is -0.0622 e. The minimum absolute atomic E-state index is 0.0152. The fourth-order valence-corrected chi connectivity index (χ4v) is 15.0. The lowest BCUT2D eigenvalue weighted by Crippen LogP contribution is -2.35. The third-order valence-corrected chi connectivity index (χ3v) is 17.9. The van der Waals surface area contributed by atoms with Crippen molar-refractivity contribution in [2.45, 2.75) is 62.2 Å². The van der Waals surface area contributed by atoms with Crippen LogP contribution in [0.5, 0.6) is 0 Å². The minimum atomic E-state index is -0.118. The Hall–Kier alpha value is -7.80. The van der Waals surface area contributed by atoms with Crippen LogP contribution >= 0.6 is 0 Å². The highest BCUT2D eigenvalue weighted by molar-refractivity contribution is 5.94. The highest BCUT2D eigenvalue weighted by Gasteiger charge is 2.62. The summed E-state index contributed by atoms with van der Waals surface area (Å²) in [6.45, 7) is 4.86. The van der Waals surface area contributed by atoms with E-state index in [1.807, 2.05) is 0 Å². The van der Waals surface area contributed by atoms with Gasteiger partial charge in [0.2, 0.25) is 0 Å². The van der Waals surface area contributed by atoms with E-state index in [1.54, 1.807) is 22.3 Å². The standard InChI is InChI=1S/C72H58/c1-71(2)64-35-16-15-30-60(64)61-43-40-53(46-65(61)71)67(51-36-38-52(39-37-51)68-58(47-20-7-3-8-21-47)31-19-32-59(68)48-22-9-4-10-23-48)63-34-18-29-55-45-57-42-41-56-44-54-28-17-33-62(69(54)72(56,57)70(55)63)66(49-24-11-5-12-25-49)50-26-13-6-14-27-50/h3-40,43,46,56-57,66-67H,41-42,44-45H2,1-2H3. The second-order valence-corrected chi connectivity index (χ2v) is 21.8. The van der Waals surface area contributed by atoms with Crippen molar-refractivity contribution in [3.8, 4) is 44.5 Å². The van der Waals surface area contributed by atoms with E-state index in [9.17, 15) is 0 Å². The van der Waals surface area contributed by atoms with Gasteiger partial charge in [0.25, 0.3) is 0 Å². The van der Waals surface area contributed by atoms with E-state index in [-0.39, 0.29) is 22.7 Å². The molecule has 14 rings (SSSR count). The van der Waals surface area contributed by atoms with Crippen molar-refractivity contribution < 1.29 is 0 Å². The van der Waals surface area contributed by atoms with Gasteiger partial charge in [-0.15, -0.1) is 0 Å². The zero-order chi connectivity index (χ0) is 48.0. The number of hydrogen-bond donors (Lipinski definition) is 0. The zero-order valence-corrected chi connectivity index (χ0v) is 41.2. The third kappa shape index (κ3) is 6.51.